The zero-order valence-corrected chi connectivity index (χ0v) is 12.3. The zero-order chi connectivity index (χ0) is 14.2. The maximum absolute atomic E-state index is 5.18. The standard InChI is InChI=1S/C15H19N3OS/c1-19-14-9-7-13(8-10-14)17-15(20)18-16-11-12-5-3-2-4-6-12/h2-3,7-12H,4-6H2,1H3,(H2,17,18,20)/b16-11-/t12-/m0/s1. The van der Waals surface area contributed by atoms with Gasteiger partial charge in [-0.25, -0.2) is 0 Å². The molecule has 0 saturated carbocycles. The number of nitrogens with zero attached hydrogens (tertiary/aromatic N) is 1. The van der Waals surface area contributed by atoms with Crippen LogP contribution in [0.5, 0.6) is 5.75 Å². The summed E-state index contributed by atoms with van der Waals surface area (Å²) in [7, 11) is 1.64. The number of thiocarbonyl (C=S) groups is 1. The molecule has 1 aliphatic rings. The van der Waals surface area contributed by atoms with Crippen molar-refractivity contribution in [1.82, 2.24) is 5.43 Å². The van der Waals surface area contributed by atoms with Crippen LogP contribution < -0.4 is 15.5 Å². The molecule has 0 bridgehead atoms. The van der Waals surface area contributed by atoms with E-state index in [2.05, 4.69) is 28.0 Å². The molecule has 1 aliphatic carbocycles. The highest BCUT2D eigenvalue weighted by atomic mass is 32.1. The largest absolute Gasteiger partial charge is 0.497 e. The molecule has 0 aliphatic heterocycles. The summed E-state index contributed by atoms with van der Waals surface area (Å²) < 4.78 is 5.10. The van der Waals surface area contributed by atoms with Crippen molar-refractivity contribution in [3.63, 3.8) is 0 Å². The monoisotopic (exact) mass is 289 g/mol. The van der Waals surface area contributed by atoms with Gasteiger partial charge in [0.25, 0.3) is 0 Å². The summed E-state index contributed by atoms with van der Waals surface area (Å²) >= 11 is 5.18. The molecule has 1 aromatic carbocycles. The van der Waals surface area contributed by atoms with Gasteiger partial charge in [0.2, 0.25) is 0 Å². The fourth-order valence-corrected chi connectivity index (χ4v) is 2.16. The second-order valence-corrected chi connectivity index (χ2v) is 5.03. The van der Waals surface area contributed by atoms with E-state index in [9.17, 15) is 0 Å². The van der Waals surface area contributed by atoms with Crippen LogP contribution in [-0.4, -0.2) is 18.4 Å². The Morgan fingerprint density at radius 3 is 2.80 bits per heavy atom. The van der Waals surface area contributed by atoms with E-state index in [1.807, 2.05) is 30.5 Å². The van der Waals surface area contributed by atoms with Gasteiger partial charge in [0.05, 0.1) is 7.11 Å². The molecule has 0 fully saturated rings. The Morgan fingerprint density at radius 2 is 2.15 bits per heavy atom. The SMILES string of the molecule is COc1ccc(NC(=S)N/N=C\[C@H]2CC=CCC2)cc1. The lowest BCUT2D eigenvalue weighted by molar-refractivity contribution is 0.415. The first-order valence-electron chi connectivity index (χ1n) is 6.67. The Bertz CT molecular complexity index is 496. The summed E-state index contributed by atoms with van der Waals surface area (Å²) in [4.78, 5) is 0. The highest BCUT2D eigenvalue weighted by Gasteiger charge is 2.06. The molecule has 2 N–H and O–H groups in total. The van der Waals surface area contributed by atoms with Gasteiger partial charge >= 0.3 is 0 Å². The number of hydrazone groups is 1. The summed E-state index contributed by atoms with van der Waals surface area (Å²) in [6.07, 6.45) is 9.70. The van der Waals surface area contributed by atoms with E-state index in [-0.39, 0.29) is 0 Å². The molecule has 0 aromatic heterocycles. The van der Waals surface area contributed by atoms with Crippen molar-refractivity contribution in [3.8, 4) is 5.75 Å². The number of benzene rings is 1. The van der Waals surface area contributed by atoms with E-state index in [1.165, 1.54) is 0 Å². The van der Waals surface area contributed by atoms with Crippen LogP contribution in [0.1, 0.15) is 19.3 Å². The smallest absolute Gasteiger partial charge is 0.191 e. The number of allylic oxidation sites excluding steroid dienone is 2. The lowest BCUT2D eigenvalue weighted by Gasteiger charge is -2.12. The minimum absolute atomic E-state index is 0.484. The Kier molecular flexibility index (Phi) is 5.55. The summed E-state index contributed by atoms with van der Waals surface area (Å²) in [6.45, 7) is 0. The fraction of sp³-hybridized carbons (Fsp3) is 0.333. The first kappa shape index (κ1) is 14.5. The predicted molar refractivity (Wildman–Crippen MR) is 87.3 cm³/mol. The number of hydrogen-bond acceptors (Lipinski definition) is 3. The molecule has 5 heteroatoms. The molecule has 0 spiro atoms. The van der Waals surface area contributed by atoms with Crippen molar-refractivity contribution in [2.45, 2.75) is 19.3 Å². The Balaban J connectivity index is 1.76. The molecule has 0 heterocycles. The highest BCUT2D eigenvalue weighted by molar-refractivity contribution is 7.80. The molecule has 0 unspecified atom stereocenters. The number of anilines is 1. The van der Waals surface area contributed by atoms with E-state index in [0.717, 1.165) is 30.7 Å². The minimum Gasteiger partial charge on any atom is -0.497 e. The van der Waals surface area contributed by atoms with Crippen LogP contribution in [0.4, 0.5) is 5.69 Å². The summed E-state index contributed by atoms with van der Waals surface area (Å²) in [5, 5.41) is 7.74. The van der Waals surface area contributed by atoms with Crippen LogP contribution in [0.25, 0.3) is 0 Å². The van der Waals surface area contributed by atoms with Crippen LogP contribution in [0.2, 0.25) is 0 Å². The molecular formula is C15H19N3OS. The lowest BCUT2D eigenvalue weighted by atomic mass is 9.96. The molecule has 1 aromatic rings. The van der Waals surface area contributed by atoms with Crippen molar-refractivity contribution < 1.29 is 4.74 Å². The molecule has 1 atom stereocenters. The first-order valence-corrected chi connectivity index (χ1v) is 7.08. The normalized spacial score (nSPS) is 17.9. The average molecular weight is 289 g/mol. The summed E-state index contributed by atoms with van der Waals surface area (Å²) in [6, 6.07) is 7.57. The first-order chi connectivity index (χ1) is 9.78. The topological polar surface area (TPSA) is 45.6 Å². The number of methoxy groups -OCH3 is 1. The van der Waals surface area contributed by atoms with E-state index in [0.29, 0.717) is 11.0 Å². The Hall–Kier alpha value is -1.88. The lowest BCUT2D eigenvalue weighted by Crippen LogP contribution is -2.24. The van der Waals surface area contributed by atoms with Crippen molar-refractivity contribution in [1.29, 1.82) is 0 Å². The van der Waals surface area contributed by atoms with E-state index in [4.69, 9.17) is 17.0 Å². The second-order valence-electron chi connectivity index (χ2n) is 4.62. The van der Waals surface area contributed by atoms with E-state index >= 15 is 0 Å². The molecule has 0 saturated heterocycles. The van der Waals surface area contributed by atoms with Gasteiger partial charge in [0.1, 0.15) is 5.75 Å². The van der Waals surface area contributed by atoms with Crippen LogP contribution in [0.3, 0.4) is 0 Å². The quantitative estimate of drug-likeness (QED) is 0.386. The third-order valence-corrected chi connectivity index (χ3v) is 3.30. The van der Waals surface area contributed by atoms with Gasteiger partial charge in [-0.1, -0.05) is 12.2 Å². The molecule has 4 nitrogen and oxygen atoms in total. The highest BCUT2D eigenvalue weighted by Crippen LogP contribution is 2.16. The molecule has 0 radical (unpaired) electrons. The zero-order valence-electron chi connectivity index (χ0n) is 11.5. The number of nitrogens with one attached hydrogen (secondary N) is 2. The van der Waals surface area contributed by atoms with Gasteiger partial charge in [-0.2, -0.15) is 5.10 Å². The molecule has 2 rings (SSSR count). The van der Waals surface area contributed by atoms with Crippen molar-refractivity contribution in [2.75, 3.05) is 12.4 Å². The Labute approximate surface area is 124 Å². The van der Waals surface area contributed by atoms with Gasteiger partial charge in [-0.05, 0) is 61.7 Å². The number of rotatable bonds is 4. The van der Waals surface area contributed by atoms with Crippen LogP contribution in [0, 0.1) is 5.92 Å². The molecule has 0 amide bonds. The average Bonchev–Trinajstić information content (AvgIpc) is 2.49. The minimum atomic E-state index is 0.484. The van der Waals surface area contributed by atoms with Gasteiger partial charge in [0.15, 0.2) is 5.11 Å². The van der Waals surface area contributed by atoms with E-state index in [1.54, 1.807) is 7.11 Å². The van der Waals surface area contributed by atoms with Crippen LogP contribution in [0.15, 0.2) is 41.5 Å². The fourth-order valence-electron chi connectivity index (χ4n) is 1.99. The number of hydrogen-bond donors (Lipinski definition) is 2. The van der Waals surface area contributed by atoms with Gasteiger partial charge < -0.3 is 10.1 Å². The Morgan fingerprint density at radius 1 is 1.35 bits per heavy atom. The van der Waals surface area contributed by atoms with Crippen molar-refractivity contribution in [2.24, 2.45) is 11.0 Å². The van der Waals surface area contributed by atoms with Crippen LogP contribution >= 0.6 is 12.2 Å². The third-order valence-electron chi connectivity index (χ3n) is 3.11. The van der Waals surface area contributed by atoms with Crippen LogP contribution in [-0.2, 0) is 0 Å². The van der Waals surface area contributed by atoms with E-state index < -0.39 is 0 Å². The summed E-state index contributed by atoms with van der Waals surface area (Å²) in [5.74, 6) is 1.33. The molecule has 106 valence electrons. The number of ether oxygens (including phenoxy) is 1. The maximum Gasteiger partial charge on any atom is 0.191 e. The molecule has 20 heavy (non-hydrogen) atoms. The van der Waals surface area contributed by atoms with Gasteiger partial charge in [-0.3, -0.25) is 5.43 Å². The maximum atomic E-state index is 5.18. The third kappa shape index (κ3) is 4.66. The second kappa shape index (κ2) is 7.65. The van der Waals surface area contributed by atoms with Gasteiger partial charge in [0, 0.05) is 11.9 Å². The molecular weight excluding hydrogens is 270 g/mol. The van der Waals surface area contributed by atoms with Gasteiger partial charge in [-0.15, -0.1) is 0 Å². The summed E-state index contributed by atoms with van der Waals surface area (Å²) in [5.41, 5.74) is 3.74. The van der Waals surface area contributed by atoms with Crippen molar-refractivity contribution >= 4 is 29.2 Å². The predicted octanol–water partition coefficient (Wildman–Crippen LogP) is 3.32. The van der Waals surface area contributed by atoms with Crippen molar-refractivity contribution in [3.05, 3.63) is 36.4 Å².